The Hall–Kier alpha value is -1.35. The van der Waals surface area contributed by atoms with Gasteiger partial charge in [-0.25, -0.2) is 0 Å². The number of halogens is 1. The van der Waals surface area contributed by atoms with Crippen molar-refractivity contribution in [3.05, 3.63) is 70.2 Å². The zero-order valence-electron chi connectivity index (χ0n) is 11.4. The largest absolute Gasteiger partial charge is 0.329 e. The Kier molecular flexibility index (Phi) is 4.06. The van der Waals surface area contributed by atoms with Crippen LogP contribution in [0.5, 0.6) is 0 Å². The third-order valence-corrected chi connectivity index (χ3v) is 4.29. The number of hydrogen-bond donors (Lipinski definition) is 1. The molecule has 2 aromatic rings. The molecule has 0 radical (unpaired) electrons. The zero-order chi connectivity index (χ0) is 13.9. The number of fused-ring (bicyclic) bond motifs is 1. The smallest absolute Gasteiger partial charge is 0.0406 e. The summed E-state index contributed by atoms with van der Waals surface area (Å²) in [6.07, 6.45) is 1.04. The molecule has 2 nitrogen and oxygen atoms in total. The molecule has 0 aromatic heterocycles. The molecular formula is C17H19ClN2. The van der Waals surface area contributed by atoms with Crippen LogP contribution < -0.4 is 5.73 Å². The van der Waals surface area contributed by atoms with Gasteiger partial charge in [-0.1, -0.05) is 48.0 Å². The van der Waals surface area contributed by atoms with E-state index in [-0.39, 0.29) is 0 Å². The second-order valence-electron chi connectivity index (χ2n) is 5.39. The molecule has 3 rings (SSSR count). The molecule has 1 atom stereocenters. The van der Waals surface area contributed by atoms with Crippen molar-refractivity contribution in [2.24, 2.45) is 5.73 Å². The van der Waals surface area contributed by atoms with Crippen molar-refractivity contribution in [2.75, 3.05) is 6.54 Å². The van der Waals surface area contributed by atoms with Crippen LogP contribution in [0.25, 0.3) is 0 Å². The van der Waals surface area contributed by atoms with Gasteiger partial charge in [0.2, 0.25) is 0 Å². The maximum atomic E-state index is 5.97. The van der Waals surface area contributed by atoms with E-state index in [1.807, 2.05) is 12.1 Å². The molecule has 0 bridgehead atoms. The fourth-order valence-electron chi connectivity index (χ4n) is 2.88. The molecule has 1 aliphatic heterocycles. The fraction of sp³-hybridized carbons (Fsp3) is 0.294. The summed E-state index contributed by atoms with van der Waals surface area (Å²) >= 11 is 5.94. The first-order valence-electron chi connectivity index (χ1n) is 7.01. The molecule has 2 aromatic carbocycles. The van der Waals surface area contributed by atoms with Crippen LogP contribution >= 0.6 is 11.6 Å². The van der Waals surface area contributed by atoms with E-state index in [0.717, 1.165) is 24.5 Å². The summed E-state index contributed by atoms with van der Waals surface area (Å²) in [5.41, 5.74) is 10.1. The Morgan fingerprint density at radius 2 is 1.75 bits per heavy atom. The molecule has 104 valence electrons. The molecule has 20 heavy (non-hydrogen) atoms. The van der Waals surface area contributed by atoms with Crippen LogP contribution in [0.4, 0.5) is 0 Å². The molecule has 0 aliphatic carbocycles. The summed E-state index contributed by atoms with van der Waals surface area (Å²) < 4.78 is 0. The fourth-order valence-corrected chi connectivity index (χ4v) is 3.01. The predicted octanol–water partition coefficient (Wildman–Crippen LogP) is 3.23. The third-order valence-electron chi connectivity index (χ3n) is 4.03. The Bertz CT molecular complexity index is 580. The first kappa shape index (κ1) is 13.6. The summed E-state index contributed by atoms with van der Waals surface area (Å²) in [4.78, 5) is 2.46. The van der Waals surface area contributed by atoms with Gasteiger partial charge < -0.3 is 5.73 Å². The first-order chi connectivity index (χ1) is 9.76. The number of nitrogens with two attached hydrogens (primary N) is 1. The van der Waals surface area contributed by atoms with Crippen molar-refractivity contribution >= 4 is 11.6 Å². The normalized spacial score (nSPS) is 18.8. The first-order valence-corrected chi connectivity index (χ1v) is 7.39. The third kappa shape index (κ3) is 2.88. The molecule has 1 unspecified atom stereocenters. The molecule has 0 saturated heterocycles. The average Bonchev–Trinajstić information content (AvgIpc) is 2.49. The van der Waals surface area contributed by atoms with E-state index in [2.05, 4.69) is 41.3 Å². The maximum Gasteiger partial charge on any atom is 0.0406 e. The molecule has 1 aliphatic rings. The standard InChI is InChI=1S/C17H19ClN2/c18-16-7-5-13(6-8-16)11-20-12-15-4-2-1-3-14(15)9-17(20)10-19/h1-8,17H,9-12,19H2. The van der Waals surface area contributed by atoms with Crippen LogP contribution in [0.3, 0.4) is 0 Å². The topological polar surface area (TPSA) is 29.3 Å². The van der Waals surface area contributed by atoms with Gasteiger partial charge in [0.1, 0.15) is 0 Å². The van der Waals surface area contributed by atoms with Gasteiger partial charge >= 0.3 is 0 Å². The van der Waals surface area contributed by atoms with Crippen LogP contribution in [-0.2, 0) is 19.5 Å². The number of benzene rings is 2. The lowest BCUT2D eigenvalue weighted by Gasteiger charge is -2.36. The van der Waals surface area contributed by atoms with Gasteiger partial charge in [-0.3, -0.25) is 4.90 Å². The highest BCUT2D eigenvalue weighted by Gasteiger charge is 2.24. The number of nitrogens with zero attached hydrogens (tertiary/aromatic N) is 1. The van der Waals surface area contributed by atoms with Crippen molar-refractivity contribution < 1.29 is 0 Å². The van der Waals surface area contributed by atoms with E-state index in [1.54, 1.807) is 0 Å². The Morgan fingerprint density at radius 1 is 1.05 bits per heavy atom. The van der Waals surface area contributed by atoms with Crippen LogP contribution in [0.1, 0.15) is 16.7 Å². The van der Waals surface area contributed by atoms with Gasteiger partial charge in [0.15, 0.2) is 0 Å². The second kappa shape index (κ2) is 5.96. The van der Waals surface area contributed by atoms with Gasteiger partial charge in [0, 0.05) is 30.7 Å². The number of rotatable bonds is 3. The Balaban J connectivity index is 1.80. The summed E-state index contributed by atoms with van der Waals surface area (Å²) in [6, 6.07) is 17.2. The highest BCUT2D eigenvalue weighted by molar-refractivity contribution is 6.30. The van der Waals surface area contributed by atoms with Crippen LogP contribution in [0, 0.1) is 0 Å². The lowest BCUT2D eigenvalue weighted by atomic mass is 9.93. The summed E-state index contributed by atoms with van der Waals surface area (Å²) in [6.45, 7) is 2.59. The van der Waals surface area contributed by atoms with E-state index in [0.29, 0.717) is 12.6 Å². The maximum absolute atomic E-state index is 5.97. The molecule has 1 heterocycles. The van der Waals surface area contributed by atoms with Gasteiger partial charge in [0.05, 0.1) is 0 Å². The van der Waals surface area contributed by atoms with E-state index >= 15 is 0 Å². The molecule has 2 N–H and O–H groups in total. The van der Waals surface area contributed by atoms with Crippen LogP contribution in [0.15, 0.2) is 48.5 Å². The van der Waals surface area contributed by atoms with E-state index in [4.69, 9.17) is 17.3 Å². The summed E-state index contributed by atoms with van der Waals surface area (Å²) in [5, 5.41) is 0.785. The van der Waals surface area contributed by atoms with Crippen molar-refractivity contribution in [3.8, 4) is 0 Å². The zero-order valence-corrected chi connectivity index (χ0v) is 12.2. The quantitative estimate of drug-likeness (QED) is 0.939. The lowest BCUT2D eigenvalue weighted by Crippen LogP contribution is -2.44. The molecule has 0 fully saturated rings. The van der Waals surface area contributed by atoms with E-state index in [1.165, 1.54) is 16.7 Å². The molecule has 3 heteroatoms. The van der Waals surface area contributed by atoms with Crippen molar-refractivity contribution in [2.45, 2.75) is 25.6 Å². The monoisotopic (exact) mass is 286 g/mol. The molecular weight excluding hydrogens is 268 g/mol. The summed E-state index contributed by atoms with van der Waals surface area (Å²) in [5.74, 6) is 0. The van der Waals surface area contributed by atoms with Crippen LogP contribution in [0.2, 0.25) is 5.02 Å². The molecule has 0 saturated carbocycles. The van der Waals surface area contributed by atoms with Crippen molar-refractivity contribution in [1.29, 1.82) is 0 Å². The second-order valence-corrected chi connectivity index (χ2v) is 5.83. The van der Waals surface area contributed by atoms with Gasteiger partial charge in [-0.05, 0) is 35.2 Å². The Labute approximate surface area is 125 Å². The molecule has 0 amide bonds. The number of hydrogen-bond acceptors (Lipinski definition) is 2. The minimum absolute atomic E-state index is 0.417. The minimum atomic E-state index is 0.417. The Morgan fingerprint density at radius 3 is 2.45 bits per heavy atom. The van der Waals surface area contributed by atoms with Gasteiger partial charge in [-0.2, -0.15) is 0 Å². The summed E-state index contributed by atoms with van der Waals surface area (Å²) in [7, 11) is 0. The van der Waals surface area contributed by atoms with Crippen molar-refractivity contribution in [1.82, 2.24) is 4.90 Å². The van der Waals surface area contributed by atoms with Gasteiger partial charge in [0.25, 0.3) is 0 Å². The highest BCUT2D eigenvalue weighted by Crippen LogP contribution is 2.24. The predicted molar refractivity (Wildman–Crippen MR) is 83.7 cm³/mol. The van der Waals surface area contributed by atoms with E-state index < -0.39 is 0 Å². The SMILES string of the molecule is NCC1Cc2ccccc2CN1Cc1ccc(Cl)cc1. The van der Waals surface area contributed by atoms with Crippen LogP contribution in [-0.4, -0.2) is 17.5 Å². The minimum Gasteiger partial charge on any atom is -0.329 e. The van der Waals surface area contributed by atoms with E-state index in [9.17, 15) is 0 Å². The lowest BCUT2D eigenvalue weighted by molar-refractivity contribution is 0.167. The average molecular weight is 287 g/mol. The molecule has 0 spiro atoms. The highest BCUT2D eigenvalue weighted by atomic mass is 35.5. The van der Waals surface area contributed by atoms with Crippen molar-refractivity contribution in [3.63, 3.8) is 0 Å². The van der Waals surface area contributed by atoms with Gasteiger partial charge in [-0.15, -0.1) is 0 Å².